The lowest BCUT2D eigenvalue weighted by molar-refractivity contribution is 0.0702. The Labute approximate surface area is 208 Å². The molecule has 5 rings (SSSR count). The lowest BCUT2D eigenvalue weighted by Crippen LogP contribution is -2.46. The topological polar surface area (TPSA) is 77.2 Å². The number of carbonyl (C=O) groups is 1. The van der Waals surface area contributed by atoms with Gasteiger partial charge in [-0.3, -0.25) is 4.79 Å². The van der Waals surface area contributed by atoms with Gasteiger partial charge in [0.1, 0.15) is 17.6 Å². The van der Waals surface area contributed by atoms with Gasteiger partial charge in [-0.15, -0.1) is 0 Å². The van der Waals surface area contributed by atoms with Crippen LogP contribution in [0.4, 0.5) is 14.5 Å². The first kappa shape index (κ1) is 23.9. The first-order valence-corrected chi connectivity index (χ1v) is 12.3. The summed E-state index contributed by atoms with van der Waals surface area (Å²) in [6, 6.07) is 12.5. The molecule has 2 aliphatic rings. The van der Waals surface area contributed by atoms with Crippen molar-refractivity contribution < 1.29 is 13.6 Å². The molecular weight excluding hydrogens is 462 g/mol. The summed E-state index contributed by atoms with van der Waals surface area (Å²) in [7, 11) is 1.74. The molecule has 2 saturated heterocycles. The number of benzene rings is 2. The highest BCUT2D eigenvalue weighted by molar-refractivity contribution is 5.93. The highest BCUT2D eigenvalue weighted by Gasteiger charge is 2.27. The zero-order valence-electron chi connectivity index (χ0n) is 20.2. The Morgan fingerprint density at radius 1 is 1.11 bits per heavy atom. The average Bonchev–Trinajstić information content (AvgIpc) is 3.59. The lowest BCUT2D eigenvalue weighted by atomic mass is 10.1. The van der Waals surface area contributed by atoms with Crippen LogP contribution >= 0.6 is 0 Å². The van der Waals surface area contributed by atoms with E-state index < -0.39 is 11.6 Å². The van der Waals surface area contributed by atoms with Gasteiger partial charge in [0.15, 0.2) is 11.5 Å². The molecule has 2 fully saturated rings. The first-order valence-electron chi connectivity index (χ1n) is 12.3. The number of likely N-dealkylation sites (N-methyl/N-ethyl adjacent to an activating group) is 1. The molecule has 186 valence electrons. The number of rotatable bonds is 5. The van der Waals surface area contributed by atoms with Gasteiger partial charge in [-0.05, 0) is 68.6 Å². The van der Waals surface area contributed by atoms with E-state index in [1.807, 2.05) is 12.1 Å². The Morgan fingerprint density at radius 2 is 1.92 bits per heavy atom. The van der Waals surface area contributed by atoms with E-state index in [1.54, 1.807) is 30.1 Å². The van der Waals surface area contributed by atoms with Crippen molar-refractivity contribution in [1.29, 1.82) is 5.26 Å². The van der Waals surface area contributed by atoms with Gasteiger partial charge in [-0.1, -0.05) is 6.07 Å². The molecular formula is C27H28F2N6O. The van der Waals surface area contributed by atoms with E-state index in [-0.39, 0.29) is 28.9 Å². The molecule has 0 bridgehead atoms. The Balaban J connectivity index is 1.56. The van der Waals surface area contributed by atoms with E-state index in [2.05, 4.69) is 15.3 Å². The van der Waals surface area contributed by atoms with Gasteiger partial charge in [-0.2, -0.15) is 10.4 Å². The van der Waals surface area contributed by atoms with Gasteiger partial charge in [0.25, 0.3) is 5.91 Å². The second-order valence-corrected chi connectivity index (χ2v) is 9.38. The van der Waals surface area contributed by atoms with Crippen LogP contribution in [0.15, 0.2) is 42.5 Å². The molecule has 36 heavy (non-hydrogen) atoms. The van der Waals surface area contributed by atoms with Crippen molar-refractivity contribution in [2.24, 2.45) is 0 Å². The highest BCUT2D eigenvalue weighted by atomic mass is 19.1. The van der Waals surface area contributed by atoms with Crippen LogP contribution in [0.2, 0.25) is 0 Å². The molecule has 9 heteroatoms. The zero-order chi connectivity index (χ0) is 25.2. The standard InChI is InChI=1S/C27H28F2N6O/c1-33(21-5-4-10-31-17-21)27(36)24-15-26(18-6-7-19(16-30)22(28)13-18)35(32-24)25-9-8-20(14-23(25)29)34-11-2-3-12-34/h6-9,13-15,21,31H,2-5,10-12,17H2,1H3. The minimum atomic E-state index is -0.689. The van der Waals surface area contributed by atoms with Crippen LogP contribution in [0, 0.1) is 23.0 Å². The highest BCUT2D eigenvalue weighted by Crippen LogP contribution is 2.30. The summed E-state index contributed by atoms with van der Waals surface area (Å²) in [5.74, 6) is -1.46. The third kappa shape index (κ3) is 4.56. The molecule has 3 heterocycles. The fourth-order valence-corrected chi connectivity index (χ4v) is 4.99. The number of nitrogens with zero attached hydrogens (tertiary/aromatic N) is 5. The van der Waals surface area contributed by atoms with E-state index >= 15 is 4.39 Å². The van der Waals surface area contributed by atoms with E-state index in [1.165, 1.54) is 22.9 Å². The monoisotopic (exact) mass is 490 g/mol. The van der Waals surface area contributed by atoms with Gasteiger partial charge in [-0.25, -0.2) is 13.5 Å². The number of hydrogen-bond acceptors (Lipinski definition) is 5. The van der Waals surface area contributed by atoms with E-state index in [0.29, 0.717) is 17.8 Å². The number of carbonyl (C=O) groups excluding carboxylic acids is 1. The fourth-order valence-electron chi connectivity index (χ4n) is 4.99. The molecule has 1 unspecified atom stereocenters. The third-order valence-corrected chi connectivity index (χ3v) is 7.08. The second-order valence-electron chi connectivity index (χ2n) is 9.38. The maximum Gasteiger partial charge on any atom is 0.274 e. The van der Waals surface area contributed by atoms with Crippen LogP contribution in [0.5, 0.6) is 0 Å². The van der Waals surface area contributed by atoms with Crippen LogP contribution in [0.1, 0.15) is 41.7 Å². The molecule has 3 aromatic rings. The molecule has 2 aliphatic heterocycles. The largest absolute Gasteiger partial charge is 0.371 e. The van der Waals surface area contributed by atoms with E-state index in [0.717, 1.165) is 51.0 Å². The van der Waals surface area contributed by atoms with Gasteiger partial charge >= 0.3 is 0 Å². The number of nitriles is 1. The minimum absolute atomic E-state index is 0.0312. The second kappa shape index (κ2) is 10.1. The van der Waals surface area contributed by atoms with Crippen molar-refractivity contribution in [2.45, 2.75) is 31.7 Å². The predicted octanol–water partition coefficient (Wildman–Crippen LogP) is 4.11. The van der Waals surface area contributed by atoms with E-state index in [9.17, 15) is 9.18 Å². The Hall–Kier alpha value is -3.77. The van der Waals surface area contributed by atoms with Crippen LogP contribution < -0.4 is 10.2 Å². The number of hydrogen-bond donors (Lipinski definition) is 1. The summed E-state index contributed by atoms with van der Waals surface area (Å²) >= 11 is 0. The van der Waals surface area contributed by atoms with Crippen LogP contribution in [0.3, 0.4) is 0 Å². The molecule has 2 aromatic carbocycles. The number of anilines is 1. The molecule has 0 spiro atoms. The minimum Gasteiger partial charge on any atom is -0.371 e. The molecule has 1 aromatic heterocycles. The number of piperidine rings is 1. The SMILES string of the molecule is CN(C(=O)c1cc(-c2ccc(C#N)c(F)c2)n(-c2ccc(N3CCCC3)cc2F)n1)C1CCCNC1. The summed E-state index contributed by atoms with van der Waals surface area (Å²) in [5.41, 5.74) is 1.77. The van der Waals surface area contributed by atoms with Crippen LogP contribution in [0.25, 0.3) is 16.9 Å². The first-order chi connectivity index (χ1) is 17.5. The molecule has 7 nitrogen and oxygen atoms in total. The lowest BCUT2D eigenvalue weighted by Gasteiger charge is -2.31. The quantitative estimate of drug-likeness (QED) is 0.583. The van der Waals surface area contributed by atoms with Crippen molar-refractivity contribution in [3.8, 4) is 23.0 Å². The van der Waals surface area contributed by atoms with Crippen LogP contribution in [-0.4, -0.2) is 59.9 Å². The molecule has 0 aliphatic carbocycles. The number of amides is 1. The van der Waals surface area contributed by atoms with Gasteiger partial charge in [0.2, 0.25) is 0 Å². The van der Waals surface area contributed by atoms with Gasteiger partial charge < -0.3 is 15.1 Å². The molecule has 1 amide bonds. The third-order valence-electron chi connectivity index (χ3n) is 7.08. The summed E-state index contributed by atoms with van der Waals surface area (Å²) in [4.78, 5) is 17.2. The van der Waals surface area contributed by atoms with Crippen molar-refractivity contribution in [3.05, 3.63) is 65.4 Å². The molecule has 0 radical (unpaired) electrons. The maximum absolute atomic E-state index is 15.4. The van der Waals surface area contributed by atoms with Crippen molar-refractivity contribution in [3.63, 3.8) is 0 Å². The maximum atomic E-state index is 15.4. The predicted molar refractivity (Wildman–Crippen MR) is 133 cm³/mol. The smallest absolute Gasteiger partial charge is 0.274 e. The Morgan fingerprint density at radius 3 is 2.58 bits per heavy atom. The van der Waals surface area contributed by atoms with Crippen molar-refractivity contribution in [1.82, 2.24) is 20.0 Å². The Kier molecular flexibility index (Phi) is 6.70. The normalized spacial score (nSPS) is 17.7. The number of halogens is 2. The van der Waals surface area contributed by atoms with E-state index in [4.69, 9.17) is 5.26 Å². The molecule has 0 saturated carbocycles. The van der Waals surface area contributed by atoms with Gasteiger partial charge in [0, 0.05) is 44.0 Å². The zero-order valence-corrected chi connectivity index (χ0v) is 20.2. The number of aromatic nitrogens is 2. The van der Waals surface area contributed by atoms with Crippen LogP contribution in [-0.2, 0) is 0 Å². The van der Waals surface area contributed by atoms with Crippen molar-refractivity contribution in [2.75, 3.05) is 38.1 Å². The molecule has 1 atom stereocenters. The fraction of sp³-hybridized carbons (Fsp3) is 0.370. The summed E-state index contributed by atoms with van der Waals surface area (Å²) in [6.45, 7) is 3.39. The average molecular weight is 491 g/mol. The summed E-state index contributed by atoms with van der Waals surface area (Å²) in [5, 5.41) is 16.9. The number of nitrogens with one attached hydrogen (secondary N) is 1. The summed E-state index contributed by atoms with van der Waals surface area (Å²) < 4.78 is 31.3. The molecule has 1 N–H and O–H groups in total. The van der Waals surface area contributed by atoms with Gasteiger partial charge in [0.05, 0.1) is 11.3 Å². The summed E-state index contributed by atoms with van der Waals surface area (Å²) in [6.07, 6.45) is 4.01. The van der Waals surface area contributed by atoms with Crippen molar-refractivity contribution >= 4 is 11.6 Å². The Bertz CT molecular complexity index is 1320.